The number of amides is 3. The third-order valence-corrected chi connectivity index (χ3v) is 6.16. The van der Waals surface area contributed by atoms with Gasteiger partial charge in [0.1, 0.15) is 0 Å². The van der Waals surface area contributed by atoms with Gasteiger partial charge in [0.25, 0.3) is 5.91 Å². The van der Waals surface area contributed by atoms with Gasteiger partial charge in [0.2, 0.25) is 11.8 Å². The van der Waals surface area contributed by atoms with Crippen LogP contribution in [0.15, 0.2) is 60.7 Å². The first-order chi connectivity index (χ1) is 14.5. The van der Waals surface area contributed by atoms with E-state index in [2.05, 4.69) is 0 Å². The summed E-state index contributed by atoms with van der Waals surface area (Å²) in [6.45, 7) is 4.52. The van der Waals surface area contributed by atoms with Gasteiger partial charge < -0.3 is 14.7 Å². The van der Waals surface area contributed by atoms with E-state index in [9.17, 15) is 14.4 Å². The molecular formula is C24H27N3O3. The summed E-state index contributed by atoms with van der Waals surface area (Å²) >= 11 is 0. The van der Waals surface area contributed by atoms with Gasteiger partial charge in [0.05, 0.1) is 12.0 Å². The molecule has 2 aliphatic rings. The van der Waals surface area contributed by atoms with Crippen LogP contribution in [0.3, 0.4) is 0 Å². The highest BCUT2D eigenvalue weighted by atomic mass is 16.2. The van der Waals surface area contributed by atoms with Crippen LogP contribution < -0.4 is 0 Å². The predicted molar refractivity (Wildman–Crippen MR) is 114 cm³/mol. The number of hydrogen-bond acceptors (Lipinski definition) is 3. The van der Waals surface area contributed by atoms with E-state index in [1.54, 1.807) is 4.90 Å². The predicted octanol–water partition coefficient (Wildman–Crippen LogP) is 2.58. The van der Waals surface area contributed by atoms with Crippen LogP contribution in [0.1, 0.15) is 35.3 Å². The van der Waals surface area contributed by atoms with Crippen molar-refractivity contribution in [3.63, 3.8) is 0 Å². The number of piperazine rings is 1. The van der Waals surface area contributed by atoms with E-state index >= 15 is 0 Å². The van der Waals surface area contributed by atoms with Gasteiger partial charge in [0.15, 0.2) is 0 Å². The first-order valence-corrected chi connectivity index (χ1v) is 10.5. The Bertz CT molecular complexity index is 908. The van der Waals surface area contributed by atoms with E-state index in [4.69, 9.17) is 0 Å². The normalized spacial score (nSPS) is 20.4. The molecule has 6 nitrogen and oxygen atoms in total. The second kappa shape index (κ2) is 8.69. The summed E-state index contributed by atoms with van der Waals surface area (Å²) in [5, 5.41) is 0. The molecule has 0 radical (unpaired) electrons. The number of carbonyl (C=O) groups is 3. The lowest BCUT2D eigenvalue weighted by Crippen LogP contribution is -2.52. The lowest BCUT2D eigenvalue weighted by molar-refractivity contribution is -0.137. The number of hydrogen-bond donors (Lipinski definition) is 0. The zero-order valence-electron chi connectivity index (χ0n) is 17.2. The summed E-state index contributed by atoms with van der Waals surface area (Å²) < 4.78 is 0. The molecule has 6 heteroatoms. The van der Waals surface area contributed by atoms with Gasteiger partial charge in [-0.2, -0.15) is 0 Å². The molecule has 2 atom stereocenters. The Morgan fingerprint density at radius 2 is 1.43 bits per heavy atom. The van der Waals surface area contributed by atoms with Crippen molar-refractivity contribution in [3.05, 3.63) is 71.8 Å². The van der Waals surface area contributed by atoms with Gasteiger partial charge in [-0.15, -0.1) is 0 Å². The van der Waals surface area contributed by atoms with Crippen LogP contribution in [-0.2, 0) is 9.59 Å². The molecule has 2 aliphatic heterocycles. The number of benzene rings is 2. The molecule has 3 amide bonds. The summed E-state index contributed by atoms with van der Waals surface area (Å²) in [7, 11) is 0. The second-order valence-corrected chi connectivity index (χ2v) is 8.02. The lowest BCUT2D eigenvalue weighted by atomic mass is 10.1. The maximum absolute atomic E-state index is 13.0. The molecule has 2 fully saturated rings. The Hall–Kier alpha value is -3.15. The highest BCUT2D eigenvalue weighted by Gasteiger charge is 2.39. The molecule has 0 aromatic heterocycles. The third kappa shape index (κ3) is 4.08. The largest absolute Gasteiger partial charge is 0.339 e. The smallest absolute Gasteiger partial charge is 0.253 e. The van der Waals surface area contributed by atoms with Crippen molar-refractivity contribution in [3.8, 4) is 0 Å². The minimum absolute atomic E-state index is 0.00149. The van der Waals surface area contributed by atoms with Crippen LogP contribution in [0.25, 0.3) is 0 Å². The van der Waals surface area contributed by atoms with Crippen molar-refractivity contribution in [2.24, 2.45) is 5.92 Å². The van der Waals surface area contributed by atoms with E-state index in [-0.39, 0.29) is 36.1 Å². The van der Waals surface area contributed by atoms with Gasteiger partial charge in [-0.25, -0.2) is 0 Å². The Kier molecular flexibility index (Phi) is 5.84. The number of nitrogens with zero attached hydrogens (tertiary/aromatic N) is 3. The summed E-state index contributed by atoms with van der Waals surface area (Å²) in [5.41, 5.74) is 1.75. The highest BCUT2D eigenvalue weighted by molar-refractivity contribution is 5.94. The van der Waals surface area contributed by atoms with Gasteiger partial charge in [-0.1, -0.05) is 48.5 Å². The van der Waals surface area contributed by atoms with E-state index in [1.165, 1.54) is 0 Å². The Morgan fingerprint density at radius 3 is 2.07 bits per heavy atom. The number of carbonyl (C=O) groups excluding carboxylic acids is 3. The van der Waals surface area contributed by atoms with Gasteiger partial charge in [-0.05, 0) is 24.6 Å². The van der Waals surface area contributed by atoms with E-state index in [0.717, 1.165) is 5.56 Å². The van der Waals surface area contributed by atoms with Crippen LogP contribution in [-0.4, -0.2) is 65.1 Å². The molecule has 2 aromatic rings. The molecule has 30 heavy (non-hydrogen) atoms. The summed E-state index contributed by atoms with van der Waals surface area (Å²) in [6.07, 6.45) is 0.263. The molecule has 0 bridgehead atoms. The lowest BCUT2D eigenvalue weighted by Gasteiger charge is -2.36. The third-order valence-electron chi connectivity index (χ3n) is 6.16. The molecule has 156 valence electrons. The molecule has 0 spiro atoms. The molecule has 2 aromatic carbocycles. The summed E-state index contributed by atoms with van der Waals surface area (Å²) in [4.78, 5) is 43.6. The van der Waals surface area contributed by atoms with Crippen LogP contribution in [0, 0.1) is 5.92 Å². The molecule has 0 saturated carbocycles. The molecular weight excluding hydrogens is 378 g/mol. The first-order valence-electron chi connectivity index (χ1n) is 10.5. The van der Waals surface area contributed by atoms with Crippen molar-refractivity contribution in [1.29, 1.82) is 0 Å². The van der Waals surface area contributed by atoms with Crippen LogP contribution in [0.5, 0.6) is 0 Å². The molecule has 2 heterocycles. The maximum Gasteiger partial charge on any atom is 0.253 e. The molecule has 0 N–H and O–H groups in total. The molecule has 4 rings (SSSR count). The summed E-state index contributed by atoms with van der Waals surface area (Å²) in [6, 6.07) is 19.1. The molecule has 2 saturated heterocycles. The minimum Gasteiger partial charge on any atom is -0.339 e. The van der Waals surface area contributed by atoms with Crippen molar-refractivity contribution in [1.82, 2.24) is 14.7 Å². The Labute approximate surface area is 177 Å². The fourth-order valence-corrected chi connectivity index (χ4v) is 4.33. The van der Waals surface area contributed by atoms with E-state index < -0.39 is 0 Å². The van der Waals surface area contributed by atoms with Crippen LogP contribution >= 0.6 is 0 Å². The number of likely N-dealkylation sites (tertiary alicyclic amines) is 1. The van der Waals surface area contributed by atoms with Crippen molar-refractivity contribution < 1.29 is 14.4 Å². The molecule has 0 aliphatic carbocycles. The van der Waals surface area contributed by atoms with Gasteiger partial charge in [0, 0.05) is 44.7 Å². The fourth-order valence-electron chi connectivity index (χ4n) is 4.33. The molecule has 2 unspecified atom stereocenters. The second-order valence-electron chi connectivity index (χ2n) is 8.02. The average Bonchev–Trinajstić information content (AvgIpc) is 3.20. The standard InChI is InChI=1S/C24H27N3O3/c1-18(19-8-4-2-5-9-19)27-17-21(16-22(27)28)24(30)26-14-12-25(13-15-26)23(29)20-10-6-3-7-11-20/h2-11,18,21H,12-17H2,1H3. The fraction of sp³-hybridized carbons (Fsp3) is 0.375. The van der Waals surface area contributed by atoms with Gasteiger partial charge in [-0.3, -0.25) is 14.4 Å². The monoisotopic (exact) mass is 405 g/mol. The topological polar surface area (TPSA) is 60.9 Å². The van der Waals surface area contributed by atoms with Crippen molar-refractivity contribution in [2.75, 3.05) is 32.7 Å². The Morgan fingerprint density at radius 1 is 0.867 bits per heavy atom. The quantitative estimate of drug-likeness (QED) is 0.786. The van der Waals surface area contributed by atoms with E-state index in [1.807, 2.05) is 77.4 Å². The first kappa shape index (κ1) is 20.1. The van der Waals surface area contributed by atoms with Crippen LogP contribution in [0.2, 0.25) is 0 Å². The zero-order chi connectivity index (χ0) is 21.1. The highest BCUT2D eigenvalue weighted by Crippen LogP contribution is 2.29. The maximum atomic E-state index is 13.0. The minimum atomic E-state index is -0.306. The van der Waals surface area contributed by atoms with E-state index in [0.29, 0.717) is 38.3 Å². The zero-order valence-corrected chi connectivity index (χ0v) is 17.2. The van der Waals surface area contributed by atoms with Crippen molar-refractivity contribution in [2.45, 2.75) is 19.4 Å². The number of rotatable bonds is 4. The average molecular weight is 405 g/mol. The van der Waals surface area contributed by atoms with Crippen molar-refractivity contribution >= 4 is 17.7 Å². The summed E-state index contributed by atoms with van der Waals surface area (Å²) in [5.74, 6) is -0.248. The van der Waals surface area contributed by atoms with Crippen LogP contribution in [0.4, 0.5) is 0 Å². The van der Waals surface area contributed by atoms with Gasteiger partial charge >= 0.3 is 0 Å². The SMILES string of the molecule is CC(c1ccccc1)N1CC(C(=O)N2CCN(C(=O)c3ccccc3)CC2)CC1=O. The Balaban J connectivity index is 1.33.